The first-order valence-electron chi connectivity index (χ1n) is 6.50. The minimum absolute atomic E-state index is 0.0478. The number of aryl methyl sites for hydroxylation is 1. The van der Waals surface area contributed by atoms with Crippen LogP contribution in [-0.2, 0) is 6.42 Å². The van der Waals surface area contributed by atoms with Gasteiger partial charge in [0.05, 0.1) is 15.9 Å². The first-order valence-corrected chi connectivity index (χ1v) is 8.20. The fourth-order valence-electron chi connectivity index (χ4n) is 2.40. The molecule has 0 fully saturated rings. The Balaban J connectivity index is 1.93. The summed E-state index contributed by atoms with van der Waals surface area (Å²) in [6.45, 7) is 0.801. The summed E-state index contributed by atoms with van der Waals surface area (Å²) in [5.74, 6) is 0.743. The second-order valence-electron chi connectivity index (χ2n) is 4.86. The van der Waals surface area contributed by atoms with Crippen LogP contribution < -0.4 is 4.74 Å². The lowest BCUT2D eigenvalue weighted by Gasteiger charge is -2.19. The van der Waals surface area contributed by atoms with Crippen molar-refractivity contribution < 1.29 is 9.13 Å². The molecule has 20 heavy (non-hydrogen) atoms. The van der Waals surface area contributed by atoms with E-state index in [9.17, 15) is 4.39 Å². The Morgan fingerprint density at radius 1 is 1.10 bits per heavy atom. The van der Waals surface area contributed by atoms with Crippen LogP contribution in [0.25, 0.3) is 0 Å². The van der Waals surface area contributed by atoms with Crippen molar-refractivity contribution in [3.8, 4) is 5.75 Å². The van der Waals surface area contributed by atoms with Crippen molar-refractivity contribution in [3.05, 3.63) is 63.4 Å². The van der Waals surface area contributed by atoms with Gasteiger partial charge in [0.2, 0.25) is 0 Å². The predicted octanol–water partition coefficient (Wildman–Crippen LogP) is 5.40. The number of rotatable bonds is 2. The van der Waals surface area contributed by atoms with Gasteiger partial charge in [-0.3, -0.25) is 0 Å². The Labute approximate surface area is 134 Å². The molecule has 0 saturated heterocycles. The third-order valence-electron chi connectivity index (χ3n) is 3.46. The van der Waals surface area contributed by atoms with E-state index in [0.29, 0.717) is 4.47 Å². The van der Waals surface area contributed by atoms with E-state index in [1.54, 1.807) is 6.07 Å². The second-order valence-corrected chi connectivity index (χ2v) is 6.63. The summed E-state index contributed by atoms with van der Waals surface area (Å²) in [5.41, 5.74) is 3.43. The Bertz CT molecular complexity index is 642. The smallest absolute Gasteiger partial charge is 0.137 e. The molecule has 0 spiro atoms. The molecule has 1 aliphatic rings. The Morgan fingerprint density at radius 2 is 1.85 bits per heavy atom. The standard InChI is InChI=1S/C16H13Br2FO/c17-13-9-12(3-5-14(13)19)16(18)11-4-6-15-10(8-11)2-1-7-20-15/h3-6,8-9,16H,1-2,7H2. The van der Waals surface area contributed by atoms with E-state index in [0.717, 1.165) is 36.3 Å². The lowest BCUT2D eigenvalue weighted by Crippen LogP contribution is -2.08. The lowest BCUT2D eigenvalue weighted by atomic mass is 9.99. The van der Waals surface area contributed by atoms with Gasteiger partial charge in [-0.25, -0.2) is 4.39 Å². The van der Waals surface area contributed by atoms with Crippen LogP contribution in [0.3, 0.4) is 0 Å². The van der Waals surface area contributed by atoms with Crippen molar-refractivity contribution in [1.29, 1.82) is 0 Å². The van der Waals surface area contributed by atoms with Crippen LogP contribution in [0.5, 0.6) is 5.75 Å². The summed E-state index contributed by atoms with van der Waals surface area (Å²) in [5, 5.41) is 0. The van der Waals surface area contributed by atoms with E-state index in [1.807, 2.05) is 12.1 Å². The van der Waals surface area contributed by atoms with E-state index >= 15 is 0 Å². The molecule has 1 aliphatic heterocycles. The fraction of sp³-hybridized carbons (Fsp3) is 0.250. The molecule has 1 nitrogen and oxygen atoms in total. The van der Waals surface area contributed by atoms with Crippen molar-refractivity contribution in [3.63, 3.8) is 0 Å². The fourth-order valence-corrected chi connectivity index (χ4v) is 3.37. The molecular formula is C16H13Br2FO. The van der Waals surface area contributed by atoms with E-state index in [2.05, 4.69) is 44.0 Å². The molecule has 0 amide bonds. The third kappa shape index (κ3) is 2.77. The summed E-state index contributed by atoms with van der Waals surface area (Å²) in [7, 11) is 0. The average molecular weight is 400 g/mol. The average Bonchev–Trinajstić information content (AvgIpc) is 2.49. The van der Waals surface area contributed by atoms with Gasteiger partial charge >= 0.3 is 0 Å². The van der Waals surface area contributed by atoms with Crippen molar-refractivity contribution in [1.82, 2.24) is 0 Å². The molecule has 2 aromatic carbocycles. The van der Waals surface area contributed by atoms with Crippen LogP contribution in [0.15, 0.2) is 40.9 Å². The number of ether oxygens (including phenoxy) is 1. The molecule has 3 rings (SSSR count). The van der Waals surface area contributed by atoms with Crippen LogP contribution in [0.4, 0.5) is 4.39 Å². The molecule has 1 heterocycles. The van der Waals surface area contributed by atoms with Crippen LogP contribution in [-0.4, -0.2) is 6.61 Å². The number of hydrogen-bond acceptors (Lipinski definition) is 1. The summed E-state index contributed by atoms with van der Waals surface area (Å²) in [4.78, 5) is 0.0478. The molecule has 4 heteroatoms. The Hall–Kier alpha value is -0.870. The van der Waals surface area contributed by atoms with Gasteiger partial charge in [-0.05, 0) is 63.7 Å². The van der Waals surface area contributed by atoms with Crippen molar-refractivity contribution in [2.45, 2.75) is 17.7 Å². The largest absolute Gasteiger partial charge is 0.493 e. The Kier molecular flexibility index (Phi) is 4.13. The van der Waals surface area contributed by atoms with Gasteiger partial charge in [0.15, 0.2) is 0 Å². The summed E-state index contributed by atoms with van der Waals surface area (Å²) >= 11 is 6.93. The molecule has 0 saturated carbocycles. The second kappa shape index (κ2) is 5.86. The van der Waals surface area contributed by atoms with Crippen molar-refractivity contribution in [2.75, 3.05) is 6.61 Å². The normalized spacial score (nSPS) is 15.3. The molecule has 0 bridgehead atoms. The third-order valence-corrected chi connectivity index (χ3v) is 5.13. The maximum atomic E-state index is 13.3. The van der Waals surface area contributed by atoms with E-state index in [1.165, 1.54) is 11.6 Å². The Morgan fingerprint density at radius 3 is 2.65 bits per heavy atom. The highest BCUT2D eigenvalue weighted by Gasteiger charge is 2.16. The van der Waals surface area contributed by atoms with Crippen LogP contribution in [0.2, 0.25) is 0 Å². The summed E-state index contributed by atoms with van der Waals surface area (Å²) in [6, 6.07) is 11.3. The highest BCUT2D eigenvalue weighted by atomic mass is 79.9. The SMILES string of the molecule is Fc1ccc(C(Br)c2ccc3c(c2)CCCO3)cc1Br. The maximum Gasteiger partial charge on any atom is 0.137 e. The van der Waals surface area contributed by atoms with Gasteiger partial charge in [-0.15, -0.1) is 0 Å². The lowest BCUT2D eigenvalue weighted by molar-refractivity contribution is 0.288. The minimum Gasteiger partial charge on any atom is -0.493 e. The zero-order chi connectivity index (χ0) is 14.1. The zero-order valence-electron chi connectivity index (χ0n) is 10.7. The molecule has 2 aromatic rings. The highest BCUT2D eigenvalue weighted by Crippen LogP contribution is 2.36. The van der Waals surface area contributed by atoms with Crippen LogP contribution in [0, 0.1) is 5.82 Å². The number of alkyl halides is 1. The van der Waals surface area contributed by atoms with Gasteiger partial charge in [0.1, 0.15) is 11.6 Å². The van der Waals surface area contributed by atoms with Gasteiger partial charge in [0, 0.05) is 0 Å². The molecule has 1 unspecified atom stereocenters. The van der Waals surface area contributed by atoms with Gasteiger partial charge in [0.25, 0.3) is 0 Å². The number of halogens is 3. The zero-order valence-corrected chi connectivity index (χ0v) is 13.9. The predicted molar refractivity (Wildman–Crippen MR) is 85.1 cm³/mol. The van der Waals surface area contributed by atoms with Crippen LogP contribution in [0.1, 0.15) is 27.9 Å². The number of hydrogen-bond donors (Lipinski definition) is 0. The highest BCUT2D eigenvalue weighted by molar-refractivity contribution is 9.10. The molecule has 0 radical (unpaired) electrons. The topological polar surface area (TPSA) is 9.23 Å². The monoisotopic (exact) mass is 398 g/mol. The van der Waals surface area contributed by atoms with Gasteiger partial charge < -0.3 is 4.74 Å². The maximum absolute atomic E-state index is 13.3. The molecule has 104 valence electrons. The minimum atomic E-state index is -0.243. The van der Waals surface area contributed by atoms with Gasteiger partial charge in [-0.1, -0.05) is 34.1 Å². The first kappa shape index (κ1) is 14.1. The van der Waals surface area contributed by atoms with Crippen molar-refractivity contribution in [2.24, 2.45) is 0 Å². The number of fused-ring (bicyclic) bond motifs is 1. The van der Waals surface area contributed by atoms with E-state index < -0.39 is 0 Å². The van der Waals surface area contributed by atoms with Crippen LogP contribution >= 0.6 is 31.9 Å². The molecule has 0 aliphatic carbocycles. The number of benzene rings is 2. The summed E-state index contributed by atoms with van der Waals surface area (Å²) in [6.07, 6.45) is 2.11. The molecule has 0 N–H and O–H groups in total. The van der Waals surface area contributed by atoms with E-state index in [-0.39, 0.29) is 10.6 Å². The quantitative estimate of drug-likeness (QED) is 0.614. The molecular weight excluding hydrogens is 387 g/mol. The summed E-state index contributed by atoms with van der Waals surface area (Å²) < 4.78 is 19.4. The first-order chi connectivity index (χ1) is 9.65. The van der Waals surface area contributed by atoms with Gasteiger partial charge in [-0.2, -0.15) is 0 Å². The van der Waals surface area contributed by atoms with E-state index in [4.69, 9.17) is 4.74 Å². The molecule has 0 aromatic heterocycles. The van der Waals surface area contributed by atoms with Crippen molar-refractivity contribution >= 4 is 31.9 Å². The molecule has 1 atom stereocenters.